The first-order chi connectivity index (χ1) is 5.11. The predicted molar refractivity (Wildman–Crippen MR) is 39.8 cm³/mol. The van der Waals surface area contributed by atoms with Crippen molar-refractivity contribution < 1.29 is 15.0 Å². The molecule has 1 aliphatic rings. The summed E-state index contributed by atoms with van der Waals surface area (Å²) in [7, 11) is 1.78. The van der Waals surface area contributed by atoms with Crippen LogP contribution in [0.2, 0.25) is 0 Å². The van der Waals surface area contributed by atoms with Gasteiger partial charge in [0.25, 0.3) is 0 Å². The van der Waals surface area contributed by atoms with Gasteiger partial charge in [-0.2, -0.15) is 0 Å². The van der Waals surface area contributed by atoms with Crippen LogP contribution in [-0.4, -0.2) is 53.9 Å². The van der Waals surface area contributed by atoms with Crippen molar-refractivity contribution in [1.29, 1.82) is 0 Å². The molecule has 5 nitrogen and oxygen atoms in total. The third-order valence-electron chi connectivity index (χ3n) is 1.18. The second kappa shape index (κ2) is 5.06. The Morgan fingerprint density at radius 1 is 1.82 bits per heavy atom. The number of hydrogen-bond acceptors (Lipinski definition) is 4. The van der Waals surface area contributed by atoms with Gasteiger partial charge in [-0.3, -0.25) is 4.79 Å². The van der Waals surface area contributed by atoms with E-state index in [2.05, 4.69) is 0 Å². The lowest BCUT2D eigenvalue weighted by atomic mass is 10.4. The van der Waals surface area contributed by atoms with E-state index in [1.165, 1.54) is 0 Å². The van der Waals surface area contributed by atoms with Crippen LogP contribution in [0.5, 0.6) is 0 Å². The van der Waals surface area contributed by atoms with Gasteiger partial charge < -0.3 is 20.8 Å². The van der Waals surface area contributed by atoms with E-state index in [1.807, 2.05) is 0 Å². The van der Waals surface area contributed by atoms with Crippen LogP contribution in [-0.2, 0) is 4.79 Å². The van der Waals surface area contributed by atoms with Crippen molar-refractivity contribution in [2.24, 2.45) is 5.73 Å². The first-order valence-electron chi connectivity index (χ1n) is 3.34. The molecule has 1 aliphatic heterocycles. The first-order valence-corrected chi connectivity index (χ1v) is 3.34. The minimum atomic E-state index is -0.731. The van der Waals surface area contributed by atoms with Crippen LogP contribution in [0.1, 0.15) is 0 Å². The van der Waals surface area contributed by atoms with Crippen molar-refractivity contribution in [3.05, 3.63) is 0 Å². The standard InChI is InChI=1S/C3H9NO2.C3H5NO/c4-1-3(6)2-5;1-4-2-3(4)5/h3,5-6H,1-2,4H2;2H2,1H3. The molecule has 4 N–H and O–H groups in total. The highest BCUT2D eigenvalue weighted by Crippen LogP contribution is 1.97. The zero-order chi connectivity index (χ0) is 8.85. The summed E-state index contributed by atoms with van der Waals surface area (Å²) in [6, 6.07) is 0. The Morgan fingerprint density at radius 3 is 2.18 bits per heavy atom. The summed E-state index contributed by atoms with van der Waals surface area (Å²) in [6.45, 7) is 0.563. The van der Waals surface area contributed by atoms with Gasteiger partial charge in [-0.1, -0.05) is 0 Å². The fourth-order valence-corrected chi connectivity index (χ4v) is 0.242. The summed E-state index contributed by atoms with van der Waals surface area (Å²) < 4.78 is 0. The number of rotatable bonds is 2. The van der Waals surface area contributed by atoms with Gasteiger partial charge in [0.15, 0.2) is 0 Å². The molecule has 0 aliphatic carbocycles. The number of likely N-dealkylation sites (N-methyl/N-ethyl adjacent to an activating group) is 1. The molecular weight excluding hydrogens is 148 g/mol. The fourth-order valence-electron chi connectivity index (χ4n) is 0.242. The van der Waals surface area contributed by atoms with Crippen LogP contribution < -0.4 is 5.73 Å². The zero-order valence-electron chi connectivity index (χ0n) is 6.53. The van der Waals surface area contributed by atoms with Crippen LogP contribution in [0.25, 0.3) is 0 Å². The first kappa shape index (κ1) is 10.3. The second-order valence-electron chi connectivity index (χ2n) is 2.32. The molecular formula is C6H14N2O3. The van der Waals surface area contributed by atoms with Crippen molar-refractivity contribution in [2.75, 3.05) is 26.7 Å². The number of carbonyl (C=O) groups excluding carboxylic acids is 1. The van der Waals surface area contributed by atoms with E-state index >= 15 is 0 Å². The van der Waals surface area contributed by atoms with Gasteiger partial charge in [-0.15, -0.1) is 0 Å². The zero-order valence-corrected chi connectivity index (χ0v) is 6.53. The summed E-state index contributed by atoms with van der Waals surface area (Å²) in [6.07, 6.45) is -0.731. The van der Waals surface area contributed by atoms with E-state index in [1.54, 1.807) is 11.9 Å². The average Bonchev–Trinajstić information content (AvgIpc) is 2.64. The van der Waals surface area contributed by atoms with Crippen LogP contribution >= 0.6 is 0 Å². The molecule has 66 valence electrons. The Morgan fingerprint density at radius 2 is 2.18 bits per heavy atom. The number of hydrogen-bond donors (Lipinski definition) is 3. The average molecular weight is 162 g/mol. The smallest absolute Gasteiger partial charge is 0.242 e. The highest BCUT2D eigenvalue weighted by atomic mass is 16.3. The molecule has 0 aromatic heterocycles. The van der Waals surface area contributed by atoms with E-state index in [0.29, 0.717) is 6.54 Å². The monoisotopic (exact) mass is 162 g/mol. The minimum absolute atomic E-state index is 0.135. The lowest BCUT2D eigenvalue weighted by molar-refractivity contribution is -0.113. The molecule has 1 atom stereocenters. The lowest BCUT2D eigenvalue weighted by Gasteiger charge is -1.97. The molecule has 0 aromatic rings. The minimum Gasteiger partial charge on any atom is -0.394 e. The molecule has 0 saturated carbocycles. The third-order valence-corrected chi connectivity index (χ3v) is 1.18. The van der Waals surface area contributed by atoms with Crippen molar-refractivity contribution >= 4 is 5.91 Å². The molecule has 1 heterocycles. The van der Waals surface area contributed by atoms with Gasteiger partial charge in [-0.25, -0.2) is 0 Å². The SMILES string of the molecule is CN1CC1=O.NCC(O)CO. The highest BCUT2D eigenvalue weighted by Gasteiger charge is 2.23. The quantitative estimate of drug-likeness (QED) is 0.401. The molecule has 0 bridgehead atoms. The summed E-state index contributed by atoms with van der Waals surface area (Å²) in [5.41, 5.74) is 4.87. The molecule has 5 heteroatoms. The molecule has 11 heavy (non-hydrogen) atoms. The second-order valence-corrected chi connectivity index (χ2v) is 2.32. The molecule has 0 spiro atoms. The molecule has 1 unspecified atom stereocenters. The summed E-state index contributed by atoms with van der Waals surface area (Å²) in [5, 5.41) is 16.3. The number of nitrogens with two attached hydrogens (primary N) is 1. The van der Waals surface area contributed by atoms with E-state index in [9.17, 15) is 4.79 Å². The van der Waals surface area contributed by atoms with Gasteiger partial charge in [0.1, 0.15) is 0 Å². The molecule has 1 saturated heterocycles. The normalized spacial score (nSPS) is 17.1. The fraction of sp³-hybridized carbons (Fsp3) is 0.833. The maximum Gasteiger partial charge on any atom is 0.242 e. The van der Waals surface area contributed by atoms with Crippen molar-refractivity contribution in [2.45, 2.75) is 6.10 Å². The van der Waals surface area contributed by atoms with Gasteiger partial charge in [0, 0.05) is 13.6 Å². The molecule has 1 rings (SSSR count). The van der Waals surface area contributed by atoms with E-state index in [0.717, 1.165) is 0 Å². The highest BCUT2D eigenvalue weighted by molar-refractivity contribution is 5.91. The number of aliphatic hydroxyl groups excluding tert-OH is 2. The van der Waals surface area contributed by atoms with Crippen LogP contribution in [0.3, 0.4) is 0 Å². The van der Waals surface area contributed by atoms with Crippen LogP contribution in [0.15, 0.2) is 0 Å². The lowest BCUT2D eigenvalue weighted by Crippen LogP contribution is -2.22. The summed E-state index contributed by atoms with van der Waals surface area (Å²) in [4.78, 5) is 11.5. The van der Waals surface area contributed by atoms with Gasteiger partial charge >= 0.3 is 0 Å². The number of nitrogens with zero attached hydrogens (tertiary/aromatic N) is 1. The van der Waals surface area contributed by atoms with Gasteiger partial charge in [0.05, 0.1) is 19.3 Å². The Kier molecular flexibility index (Phi) is 4.76. The van der Waals surface area contributed by atoms with Crippen molar-refractivity contribution in [1.82, 2.24) is 4.90 Å². The van der Waals surface area contributed by atoms with Gasteiger partial charge in [-0.05, 0) is 0 Å². The van der Waals surface area contributed by atoms with E-state index in [-0.39, 0.29) is 19.1 Å². The maximum atomic E-state index is 9.81. The molecule has 0 aromatic carbocycles. The van der Waals surface area contributed by atoms with Crippen LogP contribution in [0, 0.1) is 0 Å². The Bertz CT molecular complexity index is 125. The Hall–Kier alpha value is -0.650. The topological polar surface area (TPSA) is 86.6 Å². The third kappa shape index (κ3) is 5.78. The number of aliphatic hydroxyl groups is 2. The van der Waals surface area contributed by atoms with Crippen LogP contribution in [0.4, 0.5) is 0 Å². The van der Waals surface area contributed by atoms with Crippen molar-refractivity contribution in [3.8, 4) is 0 Å². The van der Waals surface area contributed by atoms with Crippen molar-refractivity contribution in [3.63, 3.8) is 0 Å². The largest absolute Gasteiger partial charge is 0.394 e. The number of amides is 1. The van der Waals surface area contributed by atoms with E-state index < -0.39 is 6.10 Å². The summed E-state index contributed by atoms with van der Waals surface area (Å²) >= 11 is 0. The Labute approximate surface area is 65.4 Å². The van der Waals surface area contributed by atoms with Gasteiger partial charge in [0.2, 0.25) is 5.91 Å². The molecule has 1 amide bonds. The van der Waals surface area contributed by atoms with E-state index in [4.69, 9.17) is 15.9 Å². The molecule has 1 fully saturated rings. The number of carbonyl (C=O) groups is 1. The maximum absolute atomic E-state index is 9.81. The Balaban J connectivity index is 0.000000183. The predicted octanol–water partition coefficient (Wildman–Crippen LogP) is -2.24. The molecule has 0 radical (unpaired) electrons. The summed E-state index contributed by atoms with van der Waals surface area (Å²) in [5.74, 6) is 0.255.